The van der Waals surface area contributed by atoms with Gasteiger partial charge in [0, 0.05) is 0 Å². The lowest BCUT2D eigenvalue weighted by Crippen LogP contribution is -2.53. The van der Waals surface area contributed by atoms with Gasteiger partial charge in [0.1, 0.15) is 0 Å². The molecule has 0 heterocycles. The number of aliphatic carboxylic acids is 1. The summed E-state index contributed by atoms with van der Waals surface area (Å²) in [5, 5.41) is 20.5. The summed E-state index contributed by atoms with van der Waals surface area (Å²) in [5.74, 6) is 2.17. The van der Waals surface area contributed by atoms with Gasteiger partial charge in [0.05, 0.1) is 12.0 Å². The fourth-order valence-electron chi connectivity index (χ4n) is 7.98. The summed E-state index contributed by atoms with van der Waals surface area (Å²) < 4.78 is 0. The van der Waals surface area contributed by atoms with Crippen LogP contribution in [0.2, 0.25) is 0 Å². The monoisotopic (exact) mass is 414 g/mol. The van der Waals surface area contributed by atoms with Gasteiger partial charge in [-0.1, -0.05) is 51.5 Å². The molecular formula is C27H42O3. The molecule has 0 saturated heterocycles. The van der Waals surface area contributed by atoms with E-state index in [9.17, 15) is 15.0 Å². The molecule has 0 aromatic heterocycles. The van der Waals surface area contributed by atoms with Crippen molar-refractivity contribution in [3.05, 3.63) is 23.8 Å². The van der Waals surface area contributed by atoms with E-state index in [4.69, 9.17) is 0 Å². The standard InChI is InChI=1S/C27H42O3/c1-17(2)6-5-7-20(25(29)30)18-12-14-26(3)19(16-18)8-9-21-22-10-11-24(28)27(22,4)15-13-23(21)26/h5,7,12,17,19-24,28H,6,8-11,13-16H2,1-4H3,(H,29,30)/b7-5-/t19-,20-,21-,22+,23-,24-,26-,27-/m0/s1. The third-order valence-corrected chi connectivity index (χ3v) is 9.90. The number of aliphatic hydroxyl groups is 1. The summed E-state index contributed by atoms with van der Waals surface area (Å²) in [6, 6.07) is 0. The molecule has 30 heavy (non-hydrogen) atoms. The first-order valence-corrected chi connectivity index (χ1v) is 12.4. The number of carboxylic acid groups (broad SMARTS) is 1. The van der Waals surface area contributed by atoms with E-state index in [1.54, 1.807) is 0 Å². The Morgan fingerprint density at radius 1 is 1.13 bits per heavy atom. The SMILES string of the molecule is CC(C)C/C=C\[C@H](C(=O)O)C1=CC[C@@]2(C)[C@@H](CC[C@H]3[C@H]4CC[C@H](O)[C@@]4(C)CC[C@@H]32)C1. The molecule has 0 radical (unpaired) electrons. The zero-order valence-electron chi connectivity index (χ0n) is 19.4. The van der Waals surface area contributed by atoms with Crippen molar-refractivity contribution in [3.63, 3.8) is 0 Å². The zero-order chi connectivity index (χ0) is 21.7. The average Bonchev–Trinajstić information content (AvgIpc) is 2.99. The molecule has 4 rings (SSSR count). The molecule has 0 aliphatic heterocycles. The maximum Gasteiger partial charge on any atom is 0.314 e. The number of hydrogen-bond acceptors (Lipinski definition) is 2. The van der Waals surface area contributed by atoms with Gasteiger partial charge in [-0.25, -0.2) is 0 Å². The quantitative estimate of drug-likeness (QED) is 0.524. The number of hydrogen-bond donors (Lipinski definition) is 2. The third-order valence-electron chi connectivity index (χ3n) is 9.90. The molecule has 0 unspecified atom stereocenters. The van der Waals surface area contributed by atoms with Gasteiger partial charge in [-0.15, -0.1) is 0 Å². The number of aliphatic hydroxyl groups excluding tert-OH is 1. The van der Waals surface area contributed by atoms with Gasteiger partial charge in [-0.05, 0) is 98.2 Å². The van der Waals surface area contributed by atoms with Crippen molar-refractivity contribution in [2.24, 2.45) is 46.3 Å². The molecule has 3 fully saturated rings. The fourth-order valence-corrected chi connectivity index (χ4v) is 7.98. The molecule has 3 saturated carbocycles. The second kappa shape index (κ2) is 8.11. The van der Waals surface area contributed by atoms with Gasteiger partial charge in [0.15, 0.2) is 0 Å². The van der Waals surface area contributed by atoms with E-state index in [0.717, 1.165) is 49.5 Å². The predicted octanol–water partition coefficient (Wildman–Crippen LogP) is 6.23. The van der Waals surface area contributed by atoms with Gasteiger partial charge in [-0.2, -0.15) is 0 Å². The van der Waals surface area contributed by atoms with E-state index in [-0.39, 0.29) is 11.5 Å². The highest BCUT2D eigenvalue weighted by Gasteiger charge is 2.59. The van der Waals surface area contributed by atoms with Gasteiger partial charge in [0.25, 0.3) is 0 Å². The Hall–Kier alpha value is -1.09. The summed E-state index contributed by atoms with van der Waals surface area (Å²) in [5.41, 5.74) is 1.57. The summed E-state index contributed by atoms with van der Waals surface area (Å²) >= 11 is 0. The van der Waals surface area contributed by atoms with E-state index >= 15 is 0 Å². The molecule has 0 amide bonds. The first kappa shape index (κ1) is 22.1. The third kappa shape index (κ3) is 3.59. The lowest BCUT2D eigenvalue weighted by molar-refractivity contribution is -0.139. The molecule has 8 atom stereocenters. The van der Waals surface area contributed by atoms with Gasteiger partial charge in [0.2, 0.25) is 0 Å². The zero-order valence-corrected chi connectivity index (χ0v) is 19.4. The maximum atomic E-state index is 12.0. The van der Waals surface area contributed by atoms with Crippen LogP contribution in [0, 0.1) is 46.3 Å². The van der Waals surface area contributed by atoms with Crippen molar-refractivity contribution in [1.29, 1.82) is 0 Å². The number of carbonyl (C=O) groups is 1. The highest BCUT2D eigenvalue weighted by molar-refractivity contribution is 5.76. The number of carboxylic acids is 1. The molecule has 0 spiro atoms. The van der Waals surface area contributed by atoms with Crippen LogP contribution in [0.25, 0.3) is 0 Å². The number of rotatable bonds is 5. The lowest BCUT2D eigenvalue weighted by Gasteiger charge is -2.60. The first-order chi connectivity index (χ1) is 14.2. The van der Waals surface area contributed by atoms with Gasteiger partial charge < -0.3 is 10.2 Å². The van der Waals surface area contributed by atoms with Gasteiger partial charge in [-0.3, -0.25) is 4.79 Å². The number of allylic oxidation sites excluding steroid dienone is 2. The van der Waals surface area contributed by atoms with Crippen molar-refractivity contribution in [2.75, 3.05) is 0 Å². The van der Waals surface area contributed by atoms with Crippen LogP contribution in [0.3, 0.4) is 0 Å². The van der Waals surface area contributed by atoms with E-state index in [1.807, 2.05) is 6.08 Å². The van der Waals surface area contributed by atoms with Crippen LogP contribution in [-0.4, -0.2) is 22.3 Å². The van der Waals surface area contributed by atoms with E-state index < -0.39 is 11.9 Å². The van der Waals surface area contributed by atoms with Crippen LogP contribution in [0.4, 0.5) is 0 Å². The Labute approximate surface area is 183 Å². The van der Waals surface area contributed by atoms with Crippen molar-refractivity contribution >= 4 is 5.97 Å². The molecule has 4 aliphatic rings. The van der Waals surface area contributed by atoms with Crippen molar-refractivity contribution < 1.29 is 15.0 Å². The Morgan fingerprint density at radius 2 is 1.87 bits per heavy atom. The number of fused-ring (bicyclic) bond motifs is 5. The van der Waals surface area contributed by atoms with Crippen LogP contribution >= 0.6 is 0 Å². The molecule has 2 N–H and O–H groups in total. The Morgan fingerprint density at radius 3 is 2.57 bits per heavy atom. The smallest absolute Gasteiger partial charge is 0.314 e. The molecule has 0 aromatic carbocycles. The summed E-state index contributed by atoms with van der Waals surface area (Å²) in [6.07, 6.45) is 16.2. The predicted molar refractivity (Wildman–Crippen MR) is 121 cm³/mol. The minimum atomic E-state index is -0.702. The van der Waals surface area contributed by atoms with Crippen molar-refractivity contribution in [1.82, 2.24) is 0 Å². The average molecular weight is 415 g/mol. The Kier molecular flexibility index (Phi) is 5.98. The van der Waals surface area contributed by atoms with Crippen LogP contribution in [0.15, 0.2) is 23.8 Å². The van der Waals surface area contributed by atoms with E-state index in [1.165, 1.54) is 25.7 Å². The molecule has 0 bridgehead atoms. The minimum absolute atomic E-state index is 0.110. The Bertz CT molecular complexity index is 722. The van der Waals surface area contributed by atoms with E-state index in [2.05, 4.69) is 39.8 Å². The molecule has 0 aromatic rings. The molecule has 3 heteroatoms. The van der Waals surface area contributed by atoms with Crippen LogP contribution in [-0.2, 0) is 4.79 Å². The normalized spacial score (nSPS) is 44.3. The summed E-state index contributed by atoms with van der Waals surface area (Å²) in [7, 11) is 0. The Balaban J connectivity index is 1.54. The first-order valence-electron chi connectivity index (χ1n) is 12.4. The molecule has 168 valence electrons. The van der Waals surface area contributed by atoms with E-state index in [0.29, 0.717) is 23.2 Å². The largest absolute Gasteiger partial charge is 0.481 e. The topological polar surface area (TPSA) is 57.5 Å². The van der Waals surface area contributed by atoms with Crippen molar-refractivity contribution in [3.8, 4) is 0 Å². The lowest BCUT2D eigenvalue weighted by atomic mass is 9.45. The van der Waals surface area contributed by atoms with Crippen LogP contribution < -0.4 is 0 Å². The van der Waals surface area contributed by atoms with Crippen LogP contribution in [0.1, 0.15) is 85.5 Å². The summed E-state index contributed by atoms with van der Waals surface area (Å²) in [6.45, 7) is 9.19. The van der Waals surface area contributed by atoms with Crippen molar-refractivity contribution in [2.45, 2.75) is 91.6 Å². The minimum Gasteiger partial charge on any atom is -0.481 e. The molecular weight excluding hydrogens is 372 g/mol. The summed E-state index contributed by atoms with van der Waals surface area (Å²) in [4.78, 5) is 12.0. The van der Waals surface area contributed by atoms with Gasteiger partial charge >= 0.3 is 5.97 Å². The maximum absolute atomic E-state index is 12.0. The van der Waals surface area contributed by atoms with Crippen LogP contribution in [0.5, 0.6) is 0 Å². The highest BCUT2D eigenvalue weighted by atomic mass is 16.4. The molecule has 4 aliphatic carbocycles. The highest BCUT2D eigenvalue weighted by Crippen LogP contribution is 2.66. The second-order valence-corrected chi connectivity index (χ2v) is 11.9. The molecule has 3 nitrogen and oxygen atoms in total. The second-order valence-electron chi connectivity index (χ2n) is 11.9. The fraction of sp³-hybridized carbons (Fsp3) is 0.815.